The van der Waals surface area contributed by atoms with Crippen molar-refractivity contribution in [2.45, 2.75) is 75.6 Å². The van der Waals surface area contributed by atoms with E-state index in [1.165, 1.54) is 23.3 Å². The number of hydrogen-bond donors (Lipinski definition) is 3. The largest absolute Gasteiger partial charge is 0.476 e. The molecule has 67 heavy (non-hydrogen) atoms. The van der Waals surface area contributed by atoms with Crippen molar-refractivity contribution in [3.8, 4) is 5.88 Å². The van der Waals surface area contributed by atoms with Crippen molar-refractivity contribution in [3.63, 3.8) is 0 Å². The maximum absolute atomic E-state index is 14.5. The van der Waals surface area contributed by atoms with E-state index >= 15 is 0 Å². The van der Waals surface area contributed by atoms with Crippen LogP contribution in [0.25, 0.3) is 16.6 Å². The summed E-state index contributed by atoms with van der Waals surface area (Å²) in [6.45, 7) is 10.6. The molecule has 2 aliphatic carbocycles. The number of halogens is 1. The number of carbonyl (C=O) groups is 1. The second kappa shape index (κ2) is 18.1. The number of nitrogens with zero attached hydrogens (tertiary/aromatic N) is 5. The van der Waals surface area contributed by atoms with Gasteiger partial charge in [0.25, 0.3) is 21.6 Å². The van der Waals surface area contributed by atoms with E-state index < -0.39 is 31.4 Å². The summed E-state index contributed by atoms with van der Waals surface area (Å²) in [6, 6.07) is 21.4. The maximum Gasteiger partial charge on any atom is 0.293 e. The van der Waals surface area contributed by atoms with E-state index in [1.54, 1.807) is 17.8 Å². The number of nitrogens with one attached hydrogen (secondary N) is 3. The third-order valence-electron chi connectivity index (χ3n) is 14.5. The SMILES string of the molecule is CC1(C)CCC(C2(N3CCN(c4ccc(C(=O)NS(=O)(=O)c5ccc(NCC6CCOCC6)c([N+](=O)[O-])c5)c(N5CCCOc6nc7[nH]ccc7cc65)c4)CC3)CC2)=C(c2ccc(Cl)cc2)C1. The number of aromatic nitrogens is 2. The summed E-state index contributed by atoms with van der Waals surface area (Å²) >= 11 is 6.34. The molecular formula is C50H57ClN8O7S. The molecule has 3 aliphatic heterocycles. The van der Waals surface area contributed by atoms with Gasteiger partial charge in [-0.1, -0.05) is 37.6 Å². The molecule has 1 amide bonds. The highest BCUT2D eigenvalue weighted by Crippen LogP contribution is 2.56. The highest BCUT2D eigenvalue weighted by Gasteiger charge is 2.53. The predicted octanol–water partition coefficient (Wildman–Crippen LogP) is 9.32. The summed E-state index contributed by atoms with van der Waals surface area (Å²) in [6.07, 6.45) is 9.61. The first kappa shape index (κ1) is 45.1. The zero-order valence-electron chi connectivity index (χ0n) is 38.0. The number of fused-ring (bicyclic) bond motifs is 2. The van der Waals surface area contributed by atoms with Gasteiger partial charge in [0.1, 0.15) is 17.0 Å². The number of sulfonamides is 1. The number of rotatable bonds is 12. The minimum atomic E-state index is -4.57. The van der Waals surface area contributed by atoms with Crippen LogP contribution in [0.15, 0.2) is 89.5 Å². The van der Waals surface area contributed by atoms with Crippen LogP contribution in [0.4, 0.5) is 28.4 Å². The lowest BCUT2D eigenvalue weighted by Crippen LogP contribution is -2.52. The van der Waals surface area contributed by atoms with Crippen molar-refractivity contribution in [2.24, 2.45) is 11.3 Å². The summed E-state index contributed by atoms with van der Waals surface area (Å²) in [5.74, 6) is -0.193. The Kier molecular flexibility index (Phi) is 12.2. The van der Waals surface area contributed by atoms with Crippen LogP contribution in [0.2, 0.25) is 5.02 Å². The fourth-order valence-electron chi connectivity index (χ4n) is 10.6. The molecule has 3 fully saturated rings. The number of piperazine rings is 1. The third kappa shape index (κ3) is 9.20. The Bertz CT molecular complexity index is 2850. The summed E-state index contributed by atoms with van der Waals surface area (Å²) in [4.78, 5) is 40.6. The molecule has 0 atom stereocenters. The Labute approximate surface area is 396 Å². The topological polar surface area (TPSA) is 175 Å². The number of aromatic amines is 1. The number of nitro benzene ring substituents is 1. The van der Waals surface area contributed by atoms with Gasteiger partial charge in [0.2, 0.25) is 5.88 Å². The second-order valence-corrected chi connectivity index (χ2v) is 21.5. The monoisotopic (exact) mass is 948 g/mol. The van der Waals surface area contributed by atoms with Gasteiger partial charge >= 0.3 is 0 Å². The number of carbonyl (C=O) groups excluding carboxylic acids is 1. The lowest BCUT2D eigenvalue weighted by Gasteiger charge is -2.45. The van der Waals surface area contributed by atoms with E-state index in [4.69, 9.17) is 26.1 Å². The van der Waals surface area contributed by atoms with Gasteiger partial charge in [0, 0.05) is 86.4 Å². The van der Waals surface area contributed by atoms with Gasteiger partial charge in [0.05, 0.1) is 27.7 Å². The quantitative estimate of drug-likeness (QED) is 0.0800. The van der Waals surface area contributed by atoms with Crippen molar-refractivity contribution < 1.29 is 27.6 Å². The fraction of sp³-hybridized carbons (Fsp3) is 0.440. The molecule has 5 aromatic rings. The number of pyridine rings is 1. The van der Waals surface area contributed by atoms with Crippen LogP contribution in [0, 0.1) is 21.4 Å². The number of benzene rings is 3. The average Bonchev–Trinajstić information content (AvgIpc) is 4.05. The zero-order valence-corrected chi connectivity index (χ0v) is 39.6. The molecule has 0 spiro atoms. The Morgan fingerprint density at radius 2 is 1.72 bits per heavy atom. The molecule has 5 heterocycles. The van der Waals surface area contributed by atoms with E-state index in [9.17, 15) is 23.3 Å². The molecule has 0 radical (unpaired) electrons. The summed E-state index contributed by atoms with van der Waals surface area (Å²) in [5, 5.41) is 17.0. The number of H-pyrrole nitrogens is 1. The van der Waals surface area contributed by atoms with Gasteiger partial charge in [-0.3, -0.25) is 19.8 Å². The zero-order chi connectivity index (χ0) is 46.5. The summed E-state index contributed by atoms with van der Waals surface area (Å²) < 4.78 is 41.8. The standard InChI is InChI=1S/C50H57ClN8O7S/c1-49(2)16-12-41(40(31-49)34-4-6-36(51)7-5-34)50(17-18-50)57-23-21-56(22-24-57)37-8-10-39(43(29-37)58-20-3-25-66-48-45(58)28-35-13-19-52-46(35)54-48)47(60)55-67(63,64)38-9-11-42(44(30-38)59(61)62)53-32-33-14-26-65-27-15-33/h4-11,13,19,28-30,33,53H,3,12,14-18,20-27,31-32H2,1-2H3,(H,52,54)(H,55,60). The van der Waals surface area contributed by atoms with Crippen molar-refractivity contribution >= 4 is 72.6 Å². The Hall–Kier alpha value is -5.68. The Morgan fingerprint density at radius 3 is 2.46 bits per heavy atom. The lowest BCUT2D eigenvalue weighted by atomic mass is 9.70. The molecular weight excluding hydrogens is 892 g/mol. The first-order chi connectivity index (χ1) is 32.3. The van der Waals surface area contributed by atoms with E-state index in [-0.39, 0.29) is 28.1 Å². The maximum atomic E-state index is 14.5. The van der Waals surface area contributed by atoms with Gasteiger partial charge in [-0.25, -0.2) is 13.1 Å². The number of nitro groups is 1. The molecule has 17 heteroatoms. The summed E-state index contributed by atoms with van der Waals surface area (Å²) in [7, 11) is -4.57. The van der Waals surface area contributed by atoms with Crippen LogP contribution in [-0.4, -0.2) is 98.7 Å². The molecule has 15 nitrogen and oxygen atoms in total. The molecule has 352 valence electrons. The van der Waals surface area contributed by atoms with E-state index in [1.807, 2.05) is 41.3 Å². The van der Waals surface area contributed by atoms with Crippen LogP contribution in [0.1, 0.15) is 81.1 Å². The van der Waals surface area contributed by atoms with Crippen molar-refractivity contribution in [2.75, 3.05) is 74.2 Å². The fourth-order valence-corrected chi connectivity index (χ4v) is 11.7. The normalized spacial score (nSPS) is 19.9. The number of ether oxygens (including phenoxy) is 2. The van der Waals surface area contributed by atoms with Crippen molar-refractivity contribution in [3.05, 3.63) is 111 Å². The van der Waals surface area contributed by atoms with Crippen LogP contribution >= 0.6 is 11.6 Å². The van der Waals surface area contributed by atoms with E-state index in [0.717, 1.165) is 93.3 Å². The van der Waals surface area contributed by atoms with E-state index in [0.29, 0.717) is 62.2 Å². The van der Waals surface area contributed by atoms with Crippen molar-refractivity contribution in [1.82, 2.24) is 19.6 Å². The van der Waals surface area contributed by atoms with Crippen LogP contribution in [0.3, 0.4) is 0 Å². The molecule has 2 aromatic heterocycles. The number of anilines is 4. The van der Waals surface area contributed by atoms with Crippen LogP contribution in [-0.2, 0) is 14.8 Å². The predicted molar refractivity (Wildman–Crippen MR) is 261 cm³/mol. The van der Waals surface area contributed by atoms with Crippen molar-refractivity contribution in [1.29, 1.82) is 0 Å². The first-order valence-corrected chi connectivity index (χ1v) is 25.3. The van der Waals surface area contributed by atoms with E-state index in [2.05, 4.69) is 50.8 Å². The van der Waals surface area contributed by atoms with Gasteiger partial charge in [-0.05, 0) is 134 Å². The summed E-state index contributed by atoms with van der Waals surface area (Å²) in [5.41, 5.74) is 7.22. The van der Waals surface area contributed by atoms with Gasteiger partial charge in [-0.2, -0.15) is 4.98 Å². The molecule has 2 saturated heterocycles. The molecule has 3 N–H and O–H groups in total. The van der Waals surface area contributed by atoms with Crippen LogP contribution in [0.5, 0.6) is 5.88 Å². The molecule has 10 rings (SSSR count). The minimum Gasteiger partial charge on any atom is -0.476 e. The highest BCUT2D eigenvalue weighted by molar-refractivity contribution is 7.90. The number of amides is 1. The third-order valence-corrected chi connectivity index (χ3v) is 16.1. The molecule has 0 bridgehead atoms. The van der Waals surface area contributed by atoms with Gasteiger partial charge in [0.15, 0.2) is 0 Å². The number of hydrogen-bond acceptors (Lipinski definition) is 12. The Balaban J connectivity index is 0.939. The van der Waals surface area contributed by atoms with Gasteiger partial charge < -0.3 is 29.6 Å². The van der Waals surface area contributed by atoms with Gasteiger partial charge in [-0.15, -0.1) is 0 Å². The minimum absolute atomic E-state index is 0.0461. The molecule has 1 saturated carbocycles. The molecule has 3 aromatic carbocycles. The second-order valence-electron chi connectivity index (χ2n) is 19.4. The average molecular weight is 950 g/mol. The molecule has 5 aliphatic rings. The highest BCUT2D eigenvalue weighted by atomic mass is 35.5. The smallest absolute Gasteiger partial charge is 0.293 e. The number of allylic oxidation sites excluding steroid dienone is 1. The lowest BCUT2D eigenvalue weighted by molar-refractivity contribution is -0.384. The molecule has 0 unspecified atom stereocenters. The van der Waals surface area contributed by atoms with Crippen LogP contribution < -0.4 is 24.6 Å². The Morgan fingerprint density at radius 1 is 0.940 bits per heavy atom. The first-order valence-electron chi connectivity index (χ1n) is 23.5.